The number of aromatic hydroxyl groups is 1. The highest BCUT2D eigenvalue weighted by Gasteiger charge is 2.17. The number of aromatic nitrogens is 4. The number of benzene rings is 1. The minimum Gasteiger partial charge on any atom is -0.508 e. The van der Waals surface area contributed by atoms with Gasteiger partial charge in [0.05, 0.1) is 11.4 Å². The SMILES string of the molecule is Oc1cccc(-c2nc3sccn3c2-c2ccncn2)c1. The molecule has 0 amide bonds. The smallest absolute Gasteiger partial charge is 0.194 e. The molecule has 21 heavy (non-hydrogen) atoms. The first-order valence-corrected chi connectivity index (χ1v) is 7.22. The Bertz CT molecular complexity index is 914. The zero-order chi connectivity index (χ0) is 14.2. The van der Waals surface area contributed by atoms with Crippen molar-refractivity contribution in [2.24, 2.45) is 0 Å². The van der Waals surface area contributed by atoms with Crippen LogP contribution in [0.5, 0.6) is 5.75 Å². The van der Waals surface area contributed by atoms with E-state index >= 15 is 0 Å². The second-order valence-electron chi connectivity index (χ2n) is 4.51. The molecule has 4 rings (SSSR count). The van der Waals surface area contributed by atoms with Gasteiger partial charge in [0.2, 0.25) is 0 Å². The van der Waals surface area contributed by atoms with Gasteiger partial charge in [-0.15, -0.1) is 11.3 Å². The summed E-state index contributed by atoms with van der Waals surface area (Å²) in [6.07, 6.45) is 5.20. The van der Waals surface area contributed by atoms with E-state index in [2.05, 4.69) is 15.0 Å². The monoisotopic (exact) mass is 294 g/mol. The molecule has 0 saturated carbocycles. The highest BCUT2D eigenvalue weighted by atomic mass is 32.1. The van der Waals surface area contributed by atoms with Gasteiger partial charge in [-0.1, -0.05) is 12.1 Å². The van der Waals surface area contributed by atoms with E-state index in [-0.39, 0.29) is 5.75 Å². The molecule has 0 unspecified atom stereocenters. The molecule has 4 aromatic rings. The van der Waals surface area contributed by atoms with Crippen LogP contribution in [0.15, 0.2) is 54.4 Å². The molecule has 0 radical (unpaired) electrons. The minimum atomic E-state index is 0.220. The molecule has 0 fully saturated rings. The normalized spacial score (nSPS) is 11.0. The molecule has 0 aliphatic carbocycles. The fraction of sp³-hybridized carbons (Fsp3) is 0. The van der Waals surface area contributed by atoms with E-state index in [1.807, 2.05) is 34.2 Å². The van der Waals surface area contributed by atoms with E-state index in [1.165, 1.54) is 6.33 Å². The molecule has 0 aliphatic heterocycles. The summed E-state index contributed by atoms with van der Waals surface area (Å²) < 4.78 is 2.01. The van der Waals surface area contributed by atoms with Gasteiger partial charge in [0.25, 0.3) is 0 Å². The van der Waals surface area contributed by atoms with E-state index in [0.717, 1.165) is 27.6 Å². The van der Waals surface area contributed by atoms with Crippen molar-refractivity contribution in [1.29, 1.82) is 0 Å². The standard InChI is InChI=1S/C15H10N4OS/c20-11-3-1-2-10(8-11)13-14(12-4-5-16-9-17-12)19-6-7-21-15(19)18-13/h1-9,20H. The average Bonchev–Trinajstić information content (AvgIpc) is 3.08. The van der Waals surface area contributed by atoms with Gasteiger partial charge < -0.3 is 5.11 Å². The lowest BCUT2D eigenvalue weighted by Crippen LogP contribution is -1.90. The first-order chi connectivity index (χ1) is 10.3. The second-order valence-corrected chi connectivity index (χ2v) is 5.38. The van der Waals surface area contributed by atoms with Crippen molar-refractivity contribution in [1.82, 2.24) is 19.4 Å². The van der Waals surface area contributed by atoms with Crippen LogP contribution in [0.1, 0.15) is 0 Å². The Hall–Kier alpha value is -2.73. The summed E-state index contributed by atoms with van der Waals surface area (Å²) in [4.78, 5) is 13.9. The van der Waals surface area contributed by atoms with E-state index in [9.17, 15) is 5.11 Å². The van der Waals surface area contributed by atoms with Crippen molar-refractivity contribution in [2.45, 2.75) is 0 Å². The Kier molecular flexibility index (Phi) is 2.68. The predicted octanol–water partition coefficient (Wildman–Crippen LogP) is 3.23. The average molecular weight is 294 g/mol. The Balaban J connectivity index is 2.03. The van der Waals surface area contributed by atoms with Crippen molar-refractivity contribution < 1.29 is 5.11 Å². The fourth-order valence-electron chi connectivity index (χ4n) is 2.32. The number of hydrogen-bond acceptors (Lipinski definition) is 5. The van der Waals surface area contributed by atoms with Gasteiger partial charge in [-0.25, -0.2) is 15.0 Å². The number of thiazole rings is 1. The molecule has 102 valence electrons. The molecular formula is C15H10N4OS. The van der Waals surface area contributed by atoms with Crippen LogP contribution in [0, 0.1) is 0 Å². The number of rotatable bonds is 2. The van der Waals surface area contributed by atoms with Gasteiger partial charge in [-0.05, 0) is 18.2 Å². The van der Waals surface area contributed by atoms with Crippen LogP contribution in [0.25, 0.3) is 27.6 Å². The Morgan fingerprint density at radius 2 is 2.14 bits per heavy atom. The predicted molar refractivity (Wildman–Crippen MR) is 81.2 cm³/mol. The summed E-state index contributed by atoms with van der Waals surface area (Å²) in [6.45, 7) is 0. The maximum absolute atomic E-state index is 9.70. The number of nitrogens with zero attached hydrogens (tertiary/aromatic N) is 4. The van der Waals surface area contributed by atoms with E-state index < -0.39 is 0 Å². The third kappa shape index (κ3) is 1.96. The number of phenols is 1. The maximum Gasteiger partial charge on any atom is 0.194 e. The third-order valence-electron chi connectivity index (χ3n) is 3.21. The van der Waals surface area contributed by atoms with Crippen molar-refractivity contribution in [2.75, 3.05) is 0 Å². The Labute approximate surface area is 124 Å². The van der Waals surface area contributed by atoms with Crippen molar-refractivity contribution in [3.63, 3.8) is 0 Å². The molecule has 0 atom stereocenters. The third-order valence-corrected chi connectivity index (χ3v) is 3.96. The molecule has 5 nitrogen and oxygen atoms in total. The van der Waals surface area contributed by atoms with E-state index in [1.54, 1.807) is 29.7 Å². The van der Waals surface area contributed by atoms with Crippen molar-refractivity contribution >= 4 is 16.3 Å². The first kappa shape index (κ1) is 12.0. The van der Waals surface area contributed by atoms with Crippen LogP contribution < -0.4 is 0 Å². The molecule has 0 bridgehead atoms. The number of hydrogen-bond donors (Lipinski definition) is 1. The zero-order valence-corrected chi connectivity index (χ0v) is 11.7. The minimum absolute atomic E-state index is 0.220. The summed E-state index contributed by atoms with van der Waals surface area (Å²) in [5.41, 5.74) is 3.37. The van der Waals surface area contributed by atoms with Gasteiger partial charge in [-0.3, -0.25) is 4.40 Å². The van der Waals surface area contributed by atoms with Crippen molar-refractivity contribution in [3.05, 3.63) is 54.4 Å². The Morgan fingerprint density at radius 1 is 1.19 bits per heavy atom. The first-order valence-electron chi connectivity index (χ1n) is 6.34. The van der Waals surface area contributed by atoms with E-state index in [4.69, 9.17) is 0 Å². The number of imidazole rings is 1. The molecular weight excluding hydrogens is 284 g/mol. The van der Waals surface area contributed by atoms with Crippen LogP contribution in [-0.4, -0.2) is 24.5 Å². The summed E-state index contributed by atoms with van der Waals surface area (Å²) in [5.74, 6) is 0.220. The lowest BCUT2D eigenvalue weighted by atomic mass is 10.1. The zero-order valence-electron chi connectivity index (χ0n) is 10.8. The lowest BCUT2D eigenvalue weighted by molar-refractivity contribution is 0.475. The largest absolute Gasteiger partial charge is 0.508 e. The summed E-state index contributed by atoms with van der Waals surface area (Å²) in [7, 11) is 0. The van der Waals surface area contributed by atoms with Crippen molar-refractivity contribution in [3.8, 4) is 28.4 Å². The van der Waals surface area contributed by atoms with Gasteiger partial charge in [0.15, 0.2) is 4.96 Å². The molecule has 1 N–H and O–H groups in total. The van der Waals surface area contributed by atoms with E-state index in [0.29, 0.717) is 0 Å². The molecule has 0 saturated heterocycles. The van der Waals surface area contributed by atoms with Gasteiger partial charge in [0, 0.05) is 23.3 Å². The second kappa shape index (κ2) is 4.68. The molecule has 0 spiro atoms. The Morgan fingerprint density at radius 3 is 2.95 bits per heavy atom. The number of phenolic OH excluding ortho intramolecular Hbond substituents is 1. The summed E-state index contributed by atoms with van der Waals surface area (Å²) >= 11 is 1.56. The highest BCUT2D eigenvalue weighted by molar-refractivity contribution is 7.15. The van der Waals surface area contributed by atoms with Crippen LogP contribution in [0.4, 0.5) is 0 Å². The lowest BCUT2D eigenvalue weighted by Gasteiger charge is -2.04. The summed E-state index contributed by atoms with van der Waals surface area (Å²) in [6, 6.07) is 8.94. The molecule has 3 aromatic heterocycles. The van der Waals surface area contributed by atoms with Crippen LogP contribution in [0.3, 0.4) is 0 Å². The summed E-state index contributed by atoms with van der Waals surface area (Å²) in [5, 5.41) is 11.7. The topological polar surface area (TPSA) is 63.3 Å². The quantitative estimate of drug-likeness (QED) is 0.616. The molecule has 0 aliphatic rings. The number of fused-ring (bicyclic) bond motifs is 1. The maximum atomic E-state index is 9.70. The highest BCUT2D eigenvalue weighted by Crippen LogP contribution is 2.34. The van der Waals surface area contributed by atoms with Crippen LogP contribution in [0.2, 0.25) is 0 Å². The van der Waals surface area contributed by atoms with Crippen LogP contribution in [-0.2, 0) is 0 Å². The van der Waals surface area contributed by atoms with Gasteiger partial charge in [-0.2, -0.15) is 0 Å². The van der Waals surface area contributed by atoms with Crippen LogP contribution >= 0.6 is 11.3 Å². The van der Waals surface area contributed by atoms with Gasteiger partial charge in [0.1, 0.15) is 17.8 Å². The molecule has 1 aromatic carbocycles. The molecule has 6 heteroatoms. The molecule has 3 heterocycles. The fourth-order valence-corrected chi connectivity index (χ4v) is 3.03. The van der Waals surface area contributed by atoms with Gasteiger partial charge >= 0.3 is 0 Å².